The van der Waals surface area contributed by atoms with E-state index < -0.39 is 154 Å². The van der Waals surface area contributed by atoms with E-state index in [0.717, 1.165) is 77.2 Å². The van der Waals surface area contributed by atoms with Gasteiger partial charge in [-0.15, -0.1) is 5.92 Å². The van der Waals surface area contributed by atoms with Crippen LogP contribution in [0.2, 0.25) is 0 Å². The number of fused-ring (bicyclic) bond motifs is 2. The van der Waals surface area contributed by atoms with E-state index in [1.54, 1.807) is 120 Å². The number of nitro benzene ring substituents is 5. The number of hydrogen-bond acceptors (Lipinski definition) is 29. The van der Waals surface area contributed by atoms with E-state index in [2.05, 4.69) is 54.8 Å². The Morgan fingerprint density at radius 2 is 0.724 bits per heavy atom. The first kappa shape index (κ1) is 108. The minimum atomic E-state index is -1.50. The highest BCUT2D eigenvalue weighted by Crippen LogP contribution is 2.50. The molecule has 5 unspecified atom stereocenters. The summed E-state index contributed by atoms with van der Waals surface area (Å²) in [5.74, 6) is -2.45. The van der Waals surface area contributed by atoms with Gasteiger partial charge in [0.2, 0.25) is 0 Å². The molecule has 41 heteroatoms. The summed E-state index contributed by atoms with van der Waals surface area (Å²) in [5.41, 5.74) is 12.6. The number of methoxy groups -OCH3 is 5. The molecule has 0 aliphatic carbocycles. The zero-order valence-electron chi connectivity index (χ0n) is 77.0. The molecule has 2 aromatic heterocycles. The summed E-state index contributed by atoms with van der Waals surface area (Å²) in [6.07, 6.45) is -4.89. The minimum Gasteiger partial charge on any atom is -0.467 e. The highest BCUT2D eigenvalue weighted by Gasteiger charge is 2.44. The zero-order valence-corrected chi connectivity index (χ0v) is 79.1. The number of benzene rings is 5. The van der Waals surface area contributed by atoms with E-state index in [0.29, 0.717) is 22.3 Å². The van der Waals surface area contributed by atoms with Gasteiger partial charge in [-0.1, -0.05) is 19.8 Å². The van der Waals surface area contributed by atoms with Crippen molar-refractivity contribution in [3.63, 3.8) is 0 Å². The number of halogens is 5. The van der Waals surface area contributed by atoms with E-state index in [1.807, 2.05) is 33.8 Å². The van der Waals surface area contributed by atoms with Crippen molar-refractivity contribution >= 4 is 125 Å². The molecule has 1 saturated heterocycles. The number of hydrogen-bond donors (Lipinski definition) is 5. The molecule has 1 aliphatic heterocycles. The number of anilines is 4. The van der Waals surface area contributed by atoms with Crippen LogP contribution in [0, 0.1) is 143 Å². The number of esters is 5. The van der Waals surface area contributed by atoms with E-state index >= 15 is 8.78 Å². The number of aromatic amines is 2. The molecule has 8 N–H and O–H groups in total. The summed E-state index contributed by atoms with van der Waals surface area (Å²) in [4.78, 5) is 124. The summed E-state index contributed by atoms with van der Waals surface area (Å²) in [6.45, 7) is 43.8. The van der Waals surface area contributed by atoms with Crippen LogP contribution in [-0.4, -0.2) is 141 Å². The number of carbonyl (C=O) groups excluding carboxylic acids is 5. The topological polar surface area (TPSA) is 506 Å². The number of nitrogens with two attached hydrogens (primary N) is 3. The molecule has 7 aromatic rings. The first-order chi connectivity index (χ1) is 58.1. The number of nitrogens with one attached hydrogen (secondary N) is 2. The number of piperidine rings is 1. The Kier molecular flexibility index (Phi) is 36.0. The second kappa shape index (κ2) is 42.4. The Hall–Kier alpha value is -11.5. The van der Waals surface area contributed by atoms with Crippen LogP contribution in [0.1, 0.15) is 241 Å². The summed E-state index contributed by atoms with van der Waals surface area (Å²) in [5, 5.41) is 58.2. The fourth-order valence-electron chi connectivity index (χ4n) is 13.8. The van der Waals surface area contributed by atoms with Crippen LogP contribution in [-0.2, 0) is 71.3 Å². The number of nitrogen functional groups attached to an aromatic ring is 3. The molecule has 0 bridgehead atoms. The smallest absolute Gasteiger partial charge is 0.339 e. The zero-order chi connectivity index (χ0) is 98.0. The molecular formula is C86H114F4IN11O25. The largest absolute Gasteiger partial charge is 0.467 e. The van der Waals surface area contributed by atoms with Gasteiger partial charge in [-0.25, -0.2) is 41.5 Å². The Labute approximate surface area is 745 Å². The molecule has 0 amide bonds. The number of carbonyl (C=O) groups is 5. The molecule has 8 rings (SSSR count). The number of rotatable bonds is 21. The third-order valence-electron chi connectivity index (χ3n) is 19.2. The average molecular weight is 1900 g/mol. The van der Waals surface area contributed by atoms with Crippen molar-refractivity contribution < 1.29 is 114 Å². The molecule has 5 aromatic carbocycles. The Morgan fingerprint density at radius 3 is 1.06 bits per heavy atom. The van der Waals surface area contributed by atoms with Crippen LogP contribution in [0.5, 0.6) is 0 Å². The van der Waals surface area contributed by atoms with Crippen LogP contribution in [0.25, 0.3) is 21.8 Å². The van der Waals surface area contributed by atoms with Gasteiger partial charge in [0.05, 0.1) is 103 Å². The minimum absolute atomic E-state index is 0.0245. The lowest BCUT2D eigenvalue weighted by atomic mass is 9.82. The fraction of sp³-hybridized carbons (Fsp3) is 0.523. The molecule has 3 heterocycles. The average Bonchev–Trinajstić information content (AvgIpc) is 1.67. The molecular weight excluding hydrogens is 1790 g/mol. The van der Waals surface area contributed by atoms with Crippen molar-refractivity contribution in [2.24, 2.45) is 5.41 Å². The second-order valence-corrected chi connectivity index (χ2v) is 36.2. The van der Waals surface area contributed by atoms with Crippen molar-refractivity contribution in [3.8, 4) is 11.8 Å². The first-order valence-corrected chi connectivity index (χ1v) is 40.3. The molecule has 36 nitrogen and oxygen atoms in total. The molecule has 1 aliphatic rings. The number of ether oxygens (including phenoxy) is 10. The van der Waals surface area contributed by atoms with E-state index in [-0.39, 0.29) is 97.6 Å². The Balaban J connectivity index is 0.000000335. The van der Waals surface area contributed by atoms with Crippen LogP contribution in [0.3, 0.4) is 0 Å². The quantitative estimate of drug-likeness (QED) is 0.00652. The maximum atomic E-state index is 15.2. The lowest BCUT2D eigenvalue weighted by molar-refractivity contribution is -0.384. The number of nitrogens with zero attached hydrogens (tertiary/aromatic N) is 6. The van der Waals surface area contributed by atoms with Gasteiger partial charge in [0.15, 0.2) is 30.5 Å². The molecule has 127 heavy (non-hydrogen) atoms. The summed E-state index contributed by atoms with van der Waals surface area (Å²) in [6, 6.07) is 4.19. The molecule has 0 radical (unpaired) electrons. The van der Waals surface area contributed by atoms with E-state index in [9.17, 15) is 83.3 Å². The van der Waals surface area contributed by atoms with Crippen LogP contribution < -0.4 is 22.1 Å². The summed E-state index contributed by atoms with van der Waals surface area (Å²) < 4.78 is 111. The van der Waals surface area contributed by atoms with Crippen molar-refractivity contribution in [2.45, 2.75) is 244 Å². The van der Waals surface area contributed by atoms with Crippen LogP contribution in [0.15, 0.2) is 18.2 Å². The first-order valence-electron chi connectivity index (χ1n) is 39.2. The van der Waals surface area contributed by atoms with Crippen molar-refractivity contribution in [3.05, 3.63) is 168 Å². The molecule has 1 fully saturated rings. The maximum absolute atomic E-state index is 15.2. The standard InChI is InChI=1S/C24H35N3O5.2C17H21FN2O5.C14H18FIN2O5.C14H19FN2O5/c1-14-13-16-18(25-14)19(27(29)30)15(2)17(21(22(28)31-8)32-23(3,4)5)20(16)26-11-9-24(6,7)10-12-26;1-8-7-10-12(18)11(9(2)14(20(22)23)13(10)19-8)15(16(21)24-6)25-17(3,4)5;1-7-8-10-12(18)11(9(2)14(13(10)19)20(22)23)15(16(21)24-6)25-17(3,4)5;1-6-7(12(13(19)22-5)23-14(2,3)4)8(15)9(16)10(17)11(6)18(20)21;1-7-10(8(15)6-9(16)11(7)17(19)20)12(13(18)21-5)22-14(2,3)4/h13,21,25H,9-12H2,1-8H3;7,15,19H,1-6H3;15H,19H2,1-6H3;12H,17H2,1-5H3;6,12H,16H2,1-5H3. The lowest BCUT2D eigenvalue weighted by Gasteiger charge is -2.40. The van der Waals surface area contributed by atoms with Crippen LogP contribution in [0.4, 0.5) is 68.7 Å². The molecule has 698 valence electrons. The highest BCUT2D eigenvalue weighted by atomic mass is 127. The van der Waals surface area contributed by atoms with Crippen molar-refractivity contribution in [2.75, 3.05) is 70.7 Å². The predicted octanol–water partition coefficient (Wildman–Crippen LogP) is 18.1. The van der Waals surface area contributed by atoms with Gasteiger partial charge in [-0.05, 0) is 212 Å². The van der Waals surface area contributed by atoms with Gasteiger partial charge in [0.1, 0.15) is 51.4 Å². The third kappa shape index (κ3) is 26.4. The number of nitro groups is 5. The van der Waals surface area contributed by atoms with Crippen LogP contribution >= 0.6 is 22.6 Å². The maximum Gasteiger partial charge on any atom is 0.339 e. The fourth-order valence-corrected chi connectivity index (χ4v) is 14.3. The highest BCUT2D eigenvalue weighted by molar-refractivity contribution is 14.1. The number of H-pyrrole nitrogens is 2. The van der Waals surface area contributed by atoms with Crippen molar-refractivity contribution in [1.82, 2.24) is 9.97 Å². The van der Waals surface area contributed by atoms with Gasteiger partial charge < -0.3 is 79.4 Å². The summed E-state index contributed by atoms with van der Waals surface area (Å²) in [7, 11) is 5.84. The second-order valence-electron chi connectivity index (χ2n) is 35.2. The summed E-state index contributed by atoms with van der Waals surface area (Å²) >= 11 is 1.56. The monoisotopic (exact) mass is 1900 g/mol. The van der Waals surface area contributed by atoms with Gasteiger partial charge >= 0.3 is 29.8 Å². The predicted molar refractivity (Wildman–Crippen MR) is 474 cm³/mol. The van der Waals surface area contributed by atoms with Gasteiger partial charge in [-0.2, -0.15) is 0 Å². The van der Waals surface area contributed by atoms with Gasteiger partial charge in [0.25, 0.3) is 28.4 Å². The lowest BCUT2D eigenvalue weighted by Crippen LogP contribution is -2.39. The number of aromatic nitrogens is 2. The van der Waals surface area contributed by atoms with Gasteiger partial charge in [0, 0.05) is 97.0 Å². The molecule has 0 saturated carbocycles. The molecule has 5 atom stereocenters. The SMILES string of the molecule is CC#Cc1c(N)c([N+](=O)[O-])c(C)c(C(OC(C)(C)C)C(=O)OC)c1F.COC(=O)C(OC(C)(C)C)c1c(C)c([N+](=O)[O-])c(N)c(I)c1F.COC(=O)C(OC(C)(C)C)c1c(C)c([N+](=O)[O-])c2[nH]c(C)cc2c1F.COC(=O)C(OC(C)(C)C)c1c(C)c([N+](=O)[O-])c2[nH]c(C)cc2c1N1CCC(C)(C)CC1.COC(=O)C(OC(C)(C)C)c1c(F)cc(N)c([N+](=O)[O-])c1C. The van der Waals surface area contributed by atoms with E-state index in [4.69, 9.17) is 50.4 Å². The Morgan fingerprint density at radius 1 is 0.441 bits per heavy atom. The number of aryl methyl sites for hydroxylation is 2. The normalized spacial score (nSPS) is 13.9. The third-order valence-corrected chi connectivity index (χ3v) is 20.3. The Bertz CT molecular complexity index is 5460. The van der Waals surface area contributed by atoms with E-state index in [1.165, 1.54) is 47.8 Å². The van der Waals surface area contributed by atoms with Gasteiger partial charge in [-0.3, -0.25) is 50.6 Å². The molecule has 0 spiro atoms. The van der Waals surface area contributed by atoms with Crippen molar-refractivity contribution in [1.29, 1.82) is 0 Å².